The second-order valence-corrected chi connectivity index (χ2v) is 12.2. The van der Waals surface area contributed by atoms with Gasteiger partial charge in [0.25, 0.3) is 0 Å². The lowest BCUT2D eigenvalue weighted by atomic mass is 9.98. The molecule has 10 aromatic rings. The van der Waals surface area contributed by atoms with Crippen LogP contribution in [0, 0.1) is 0 Å². The summed E-state index contributed by atoms with van der Waals surface area (Å²) in [6.45, 7) is 0. The minimum atomic E-state index is 0.634. The lowest BCUT2D eigenvalue weighted by Crippen LogP contribution is -2.07. The van der Waals surface area contributed by atoms with Crippen LogP contribution in [0.1, 0.15) is 0 Å². The summed E-state index contributed by atoms with van der Waals surface area (Å²) in [5, 5.41) is 7.86. The van der Waals surface area contributed by atoms with E-state index >= 15 is 0 Å². The predicted molar refractivity (Wildman–Crippen MR) is 191 cm³/mol. The molecule has 4 heterocycles. The molecule has 0 atom stereocenters. The zero-order valence-corrected chi connectivity index (χ0v) is 25.1. The molecule has 0 aliphatic carbocycles. The molecule has 7 aromatic carbocycles. The molecule has 47 heavy (non-hydrogen) atoms. The SMILES string of the molecule is c1ccc(-n2c3ccccc3c3ccc4c5ccccc5n(-c5nc6c7c(cccc7n5)Oc5c-6ccc6ccccc56)c4c32)cc1. The molecule has 3 aromatic heterocycles. The summed E-state index contributed by atoms with van der Waals surface area (Å²) in [6.07, 6.45) is 0. The second kappa shape index (κ2) is 9.05. The van der Waals surface area contributed by atoms with Crippen molar-refractivity contribution in [2.45, 2.75) is 0 Å². The van der Waals surface area contributed by atoms with E-state index in [4.69, 9.17) is 14.7 Å². The monoisotopic (exact) mass is 600 g/mol. The molecule has 0 unspecified atom stereocenters. The Labute approximate surface area is 268 Å². The highest BCUT2D eigenvalue weighted by Gasteiger charge is 2.27. The van der Waals surface area contributed by atoms with Crippen LogP contribution in [-0.2, 0) is 0 Å². The van der Waals surface area contributed by atoms with Crippen molar-refractivity contribution in [1.29, 1.82) is 0 Å². The Kier molecular flexibility index (Phi) is 4.78. The molecule has 0 radical (unpaired) electrons. The molecule has 0 amide bonds. The summed E-state index contributed by atoms with van der Waals surface area (Å²) in [5.41, 5.74) is 8.26. The van der Waals surface area contributed by atoms with Crippen LogP contribution in [0.15, 0.2) is 146 Å². The molecule has 0 saturated heterocycles. The van der Waals surface area contributed by atoms with E-state index in [2.05, 4.69) is 143 Å². The Hall–Kier alpha value is -6.46. The molecular weight excluding hydrogens is 576 g/mol. The van der Waals surface area contributed by atoms with Gasteiger partial charge in [0, 0.05) is 38.2 Å². The third kappa shape index (κ3) is 3.27. The van der Waals surface area contributed by atoms with Crippen molar-refractivity contribution in [1.82, 2.24) is 19.1 Å². The van der Waals surface area contributed by atoms with Gasteiger partial charge in [-0.05, 0) is 47.9 Å². The molecule has 11 rings (SSSR count). The maximum absolute atomic E-state index is 6.60. The number of nitrogens with zero attached hydrogens (tertiary/aromatic N) is 4. The smallest absolute Gasteiger partial charge is 0.235 e. The number of rotatable bonds is 2. The summed E-state index contributed by atoms with van der Waals surface area (Å²) >= 11 is 0. The van der Waals surface area contributed by atoms with Crippen LogP contribution in [0.25, 0.3) is 88.2 Å². The first-order valence-electron chi connectivity index (χ1n) is 15.9. The fourth-order valence-corrected chi connectivity index (χ4v) is 7.72. The maximum Gasteiger partial charge on any atom is 0.235 e. The van der Waals surface area contributed by atoms with Gasteiger partial charge >= 0.3 is 0 Å². The van der Waals surface area contributed by atoms with Crippen molar-refractivity contribution < 1.29 is 4.74 Å². The third-order valence-corrected chi connectivity index (χ3v) is 9.70. The summed E-state index contributed by atoms with van der Waals surface area (Å²) in [4.78, 5) is 10.7. The largest absolute Gasteiger partial charge is 0.455 e. The molecule has 5 heteroatoms. The lowest BCUT2D eigenvalue weighted by Gasteiger charge is -2.22. The number of benzene rings is 7. The summed E-state index contributed by atoms with van der Waals surface area (Å²) in [7, 11) is 0. The minimum Gasteiger partial charge on any atom is -0.455 e. The highest BCUT2D eigenvalue weighted by Crippen LogP contribution is 2.49. The van der Waals surface area contributed by atoms with E-state index in [1.54, 1.807) is 0 Å². The fraction of sp³-hybridized carbons (Fsp3) is 0. The highest BCUT2D eigenvalue weighted by molar-refractivity contribution is 6.23. The average molecular weight is 601 g/mol. The molecule has 0 N–H and O–H groups in total. The zero-order valence-electron chi connectivity index (χ0n) is 25.1. The van der Waals surface area contributed by atoms with Crippen LogP contribution in [0.3, 0.4) is 0 Å². The Bertz CT molecular complexity index is 2940. The van der Waals surface area contributed by atoms with Gasteiger partial charge in [-0.3, -0.25) is 4.57 Å². The number of aromatic nitrogens is 4. The van der Waals surface area contributed by atoms with Gasteiger partial charge in [-0.25, -0.2) is 9.97 Å². The Morgan fingerprint density at radius 2 is 1.13 bits per heavy atom. The van der Waals surface area contributed by atoms with Crippen LogP contribution in [0.4, 0.5) is 0 Å². The van der Waals surface area contributed by atoms with E-state index in [0.29, 0.717) is 5.95 Å². The highest BCUT2D eigenvalue weighted by atomic mass is 16.5. The molecule has 218 valence electrons. The topological polar surface area (TPSA) is 44.9 Å². The first-order chi connectivity index (χ1) is 23.3. The van der Waals surface area contributed by atoms with E-state index in [1.807, 2.05) is 12.1 Å². The van der Waals surface area contributed by atoms with E-state index < -0.39 is 0 Å². The Balaban J connectivity index is 1.33. The number of hydrogen-bond donors (Lipinski definition) is 0. The minimum absolute atomic E-state index is 0.634. The number of para-hydroxylation sites is 3. The summed E-state index contributed by atoms with van der Waals surface area (Å²) < 4.78 is 11.3. The second-order valence-electron chi connectivity index (χ2n) is 12.2. The van der Waals surface area contributed by atoms with Crippen molar-refractivity contribution in [3.8, 4) is 34.4 Å². The van der Waals surface area contributed by atoms with E-state index in [9.17, 15) is 0 Å². The summed E-state index contributed by atoms with van der Waals surface area (Å²) in [6, 6.07) is 51.1. The van der Waals surface area contributed by atoms with Crippen LogP contribution >= 0.6 is 0 Å². The van der Waals surface area contributed by atoms with Crippen LogP contribution in [0.5, 0.6) is 11.5 Å². The average Bonchev–Trinajstić information content (AvgIpc) is 3.65. The van der Waals surface area contributed by atoms with Gasteiger partial charge in [0.05, 0.1) is 38.7 Å². The lowest BCUT2D eigenvalue weighted by molar-refractivity contribution is 0.492. The quantitative estimate of drug-likeness (QED) is 0.198. The third-order valence-electron chi connectivity index (χ3n) is 9.70. The molecule has 1 aliphatic heterocycles. The Morgan fingerprint density at radius 1 is 0.468 bits per heavy atom. The van der Waals surface area contributed by atoms with Crippen molar-refractivity contribution in [3.05, 3.63) is 146 Å². The van der Waals surface area contributed by atoms with Gasteiger partial charge in [0.1, 0.15) is 11.5 Å². The Morgan fingerprint density at radius 3 is 1.91 bits per heavy atom. The normalized spacial score (nSPS) is 12.4. The van der Waals surface area contributed by atoms with Crippen LogP contribution in [0.2, 0.25) is 0 Å². The molecule has 0 fully saturated rings. The van der Waals surface area contributed by atoms with E-state index in [1.165, 1.54) is 10.8 Å². The fourth-order valence-electron chi connectivity index (χ4n) is 7.72. The van der Waals surface area contributed by atoms with Crippen molar-refractivity contribution in [2.75, 3.05) is 0 Å². The molecule has 0 bridgehead atoms. The maximum atomic E-state index is 6.60. The molecular formula is C42H24N4O. The number of hydrogen-bond acceptors (Lipinski definition) is 3. The predicted octanol–water partition coefficient (Wildman–Crippen LogP) is 10.7. The zero-order chi connectivity index (χ0) is 30.6. The van der Waals surface area contributed by atoms with Crippen molar-refractivity contribution in [2.24, 2.45) is 0 Å². The molecule has 5 nitrogen and oxygen atoms in total. The van der Waals surface area contributed by atoms with E-state index in [0.717, 1.165) is 83.0 Å². The van der Waals surface area contributed by atoms with Crippen LogP contribution in [-0.4, -0.2) is 19.1 Å². The van der Waals surface area contributed by atoms with Crippen LogP contribution < -0.4 is 4.74 Å². The number of fused-ring (bicyclic) bond motifs is 11. The molecule has 0 spiro atoms. The van der Waals surface area contributed by atoms with Crippen molar-refractivity contribution in [3.63, 3.8) is 0 Å². The first kappa shape index (κ1) is 24.8. The van der Waals surface area contributed by atoms with Gasteiger partial charge in [-0.1, -0.05) is 103 Å². The first-order valence-corrected chi connectivity index (χ1v) is 15.9. The van der Waals surface area contributed by atoms with E-state index in [-0.39, 0.29) is 0 Å². The van der Waals surface area contributed by atoms with Gasteiger partial charge in [-0.2, -0.15) is 0 Å². The molecule has 1 aliphatic rings. The number of ether oxygens (including phenoxy) is 1. The summed E-state index contributed by atoms with van der Waals surface area (Å²) in [5.74, 6) is 2.25. The van der Waals surface area contributed by atoms with Gasteiger partial charge in [0.2, 0.25) is 5.95 Å². The van der Waals surface area contributed by atoms with Gasteiger partial charge < -0.3 is 9.30 Å². The molecule has 0 saturated carbocycles. The standard InChI is InChI=1S/C42H24N4O/c1-2-12-26(13-3-1)45-34-18-8-6-15-28(34)30-23-24-31-29-16-7-9-19-35(29)46(40(31)39(30)45)42-43-33-17-10-20-36-37(33)38(44-42)32-22-21-25-11-4-5-14-27(25)41(32)47-36/h1-24H. The van der Waals surface area contributed by atoms with Gasteiger partial charge in [-0.15, -0.1) is 0 Å². The van der Waals surface area contributed by atoms with Crippen molar-refractivity contribution >= 4 is 65.3 Å². The van der Waals surface area contributed by atoms with Gasteiger partial charge in [0.15, 0.2) is 0 Å².